The van der Waals surface area contributed by atoms with Crippen LogP contribution in [0.15, 0.2) is 46.1 Å². The van der Waals surface area contributed by atoms with Crippen molar-refractivity contribution in [2.24, 2.45) is 0 Å². The molecule has 1 aromatic heterocycles. The van der Waals surface area contributed by atoms with E-state index in [4.69, 9.17) is 4.74 Å². The van der Waals surface area contributed by atoms with Gasteiger partial charge < -0.3 is 10.1 Å². The Morgan fingerprint density at radius 2 is 1.73 bits per heavy atom. The molecule has 1 aliphatic rings. The van der Waals surface area contributed by atoms with Gasteiger partial charge in [0.15, 0.2) is 9.84 Å². The van der Waals surface area contributed by atoms with Gasteiger partial charge in [-0.2, -0.15) is 0 Å². The minimum atomic E-state index is -3.26. The van der Waals surface area contributed by atoms with Crippen molar-refractivity contribution in [2.45, 2.75) is 30.8 Å². The molecular weight excluding hydrogens is 376 g/mol. The van der Waals surface area contributed by atoms with Crippen LogP contribution in [0, 0.1) is 6.92 Å². The lowest BCUT2D eigenvalue weighted by molar-refractivity contribution is 0.162. The molecule has 3 rings (SSSR count). The normalized spacial score (nSPS) is 15.3. The van der Waals surface area contributed by atoms with Gasteiger partial charge in [0, 0.05) is 29.8 Å². The smallest absolute Gasteiger partial charge is 0.258 e. The van der Waals surface area contributed by atoms with Gasteiger partial charge in [-0.05, 0) is 57.1 Å². The monoisotopic (exact) mass is 398 g/mol. The molecule has 1 fully saturated rings. The Bertz CT molecular complexity index is 917. The summed E-state index contributed by atoms with van der Waals surface area (Å²) < 4.78 is 30.6. The highest BCUT2D eigenvalue weighted by Crippen LogP contribution is 2.19. The molecule has 0 spiro atoms. The van der Waals surface area contributed by atoms with Gasteiger partial charge in [-0.15, -0.1) is 12.4 Å². The van der Waals surface area contributed by atoms with Gasteiger partial charge in [0.25, 0.3) is 5.56 Å². The second-order valence-electron chi connectivity index (χ2n) is 6.34. The highest BCUT2D eigenvalue weighted by Gasteiger charge is 2.16. The molecular formula is C18H23ClN2O4S. The summed E-state index contributed by atoms with van der Waals surface area (Å²) in [6.45, 7) is 3.68. The molecule has 2 aromatic rings. The molecule has 1 N–H and O–H groups in total. The molecule has 2 heterocycles. The van der Waals surface area contributed by atoms with Crippen LogP contribution in [0.3, 0.4) is 0 Å². The minimum absolute atomic E-state index is 0. The molecule has 0 radical (unpaired) electrons. The van der Waals surface area contributed by atoms with Crippen molar-refractivity contribution in [3.63, 3.8) is 0 Å². The lowest BCUT2D eigenvalue weighted by Gasteiger charge is -2.24. The third-order valence-corrected chi connectivity index (χ3v) is 5.43. The molecule has 0 bridgehead atoms. The summed E-state index contributed by atoms with van der Waals surface area (Å²) in [5, 5.41) is 3.28. The van der Waals surface area contributed by atoms with Gasteiger partial charge in [-0.25, -0.2) is 8.42 Å². The van der Waals surface area contributed by atoms with E-state index in [1.54, 1.807) is 16.7 Å². The van der Waals surface area contributed by atoms with Crippen LogP contribution in [0.5, 0.6) is 5.75 Å². The lowest BCUT2D eigenvalue weighted by Crippen LogP contribution is -2.34. The zero-order valence-corrected chi connectivity index (χ0v) is 16.4. The average molecular weight is 399 g/mol. The summed E-state index contributed by atoms with van der Waals surface area (Å²) in [5.74, 6) is 0.582. The number of hydrogen-bond donors (Lipinski definition) is 1. The van der Waals surface area contributed by atoms with Gasteiger partial charge in [-0.1, -0.05) is 0 Å². The van der Waals surface area contributed by atoms with Crippen molar-refractivity contribution in [3.8, 4) is 11.4 Å². The van der Waals surface area contributed by atoms with Crippen LogP contribution >= 0.6 is 12.4 Å². The molecule has 6 nitrogen and oxygen atoms in total. The molecule has 1 saturated heterocycles. The van der Waals surface area contributed by atoms with Crippen LogP contribution in [0.4, 0.5) is 0 Å². The predicted octanol–water partition coefficient (Wildman–Crippen LogP) is 2.10. The van der Waals surface area contributed by atoms with E-state index in [9.17, 15) is 13.2 Å². The maximum absolute atomic E-state index is 12.5. The van der Waals surface area contributed by atoms with Crippen molar-refractivity contribution < 1.29 is 13.2 Å². The number of rotatable bonds is 4. The van der Waals surface area contributed by atoms with Crippen molar-refractivity contribution in [3.05, 3.63) is 52.4 Å². The SMILES string of the molecule is Cc1cc(OC2CCNCC2)cc(=O)n1-c1ccc(S(C)(=O)=O)cc1.Cl. The first-order valence-corrected chi connectivity index (χ1v) is 10.2. The van der Waals surface area contributed by atoms with E-state index in [0.717, 1.165) is 37.9 Å². The van der Waals surface area contributed by atoms with E-state index in [-0.39, 0.29) is 29.0 Å². The highest BCUT2D eigenvalue weighted by atomic mass is 35.5. The molecule has 142 valence electrons. The summed E-state index contributed by atoms with van der Waals surface area (Å²) in [6.07, 6.45) is 3.14. The summed E-state index contributed by atoms with van der Waals surface area (Å²) >= 11 is 0. The molecule has 1 aliphatic heterocycles. The number of nitrogens with zero attached hydrogens (tertiary/aromatic N) is 1. The van der Waals surface area contributed by atoms with E-state index >= 15 is 0 Å². The number of ether oxygens (including phenoxy) is 1. The van der Waals surface area contributed by atoms with Crippen LogP contribution in [-0.4, -0.2) is 38.4 Å². The van der Waals surface area contributed by atoms with Crippen LogP contribution in [0.1, 0.15) is 18.5 Å². The van der Waals surface area contributed by atoms with Crippen LogP contribution < -0.4 is 15.6 Å². The van der Waals surface area contributed by atoms with Gasteiger partial charge in [0.2, 0.25) is 0 Å². The number of piperidine rings is 1. The Labute approximate surface area is 159 Å². The Balaban J connectivity index is 0.00000243. The molecule has 0 unspecified atom stereocenters. The quantitative estimate of drug-likeness (QED) is 0.853. The van der Waals surface area contributed by atoms with Gasteiger partial charge >= 0.3 is 0 Å². The van der Waals surface area contributed by atoms with Gasteiger partial charge in [-0.3, -0.25) is 9.36 Å². The van der Waals surface area contributed by atoms with Crippen molar-refractivity contribution in [2.75, 3.05) is 19.3 Å². The first-order chi connectivity index (χ1) is 11.8. The molecule has 0 saturated carbocycles. The molecule has 0 atom stereocenters. The topological polar surface area (TPSA) is 77.4 Å². The number of aryl methyl sites for hydroxylation is 1. The van der Waals surface area contributed by atoms with E-state index in [2.05, 4.69) is 5.32 Å². The van der Waals surface area contributed by atoms with Crippen molar-refractivity contribution >= 4 is 22.2 Å². The van der Waals surface area contributed by atoms with Crippen molar-refractivity contribution in [1.82, 2.24) is 9.88 Å². The fourth-order valence-electron chi connectivity index (χ4n) is 3.02. The highest BCUT2D eigenvalue weighted by molar-refractivity contribution is 7.90. The van der Waals surface area contributed by atoms with Gasteiger partial charge in [0.05, 0.1) is 4.90 Å². The summed E-state index contributed by atoms with van der Waals surface area (Å²) in [5.41, 5.74) is 1.17. The molecule has 0 amide bonds. The summed E-state index contributed by atoms with van der Waals surface area (Å²) in [4.78, 5) is 12.8. The summed E-state index contributed by atoms with van der Waals surface area (Å²) in [6, 6.07) is 9.62. The third-order valence-electron chi connectivity index (χ3n) is 4.30. The fraction of sp³-hybridized carbons (Fsp3) is 0.389. The second kappa shape index (κ2) is 8.24. The van der Waals surface area contributed by atoms with Crippen LogP contribution in [-0.2, 0) is 9.84 Å². The Hall–Kier alpha value is -1.83. The zero-order valence-electron chi connectivity index (χ0n) is 14.8. The van der Waals surface area contributed by atoms with E-state index in [1.807, 2.05) is 13.0 Å². The molecule has 1 aromatic carbocycles. The Morgan fingerprint density at radius 1 is 1.12 bits per heavy atom. The Kier molecular flexibility index (Phi) is 6.49. The minimum Gasteiger partial charge on any atom is -0.490 e. The number of halogens is 1. The standard InChI is InChI=1S/C18H22N2O4S.ClH/c1-13-11-16(24-15-7-9-19-10-8-15)12-18(21)20(13)14-3-5-17(6-4-14)25(2,22)23;/h3-6,11-12,15,19H,7-10H2,1-2H3;1H. The number of pyridine rings is 1. The number of benzene rings is 1. The van der Waals surface area contributed by atoms with Crippen molar-refractivity contribution in [1.29, 1.82) is 0 Å². The average Bonchev–Trinajstić information content (AvgIpc) is 2.55. The zero-order chi connectivity index (χ0) is 18.0. The number of nitrogens with one attached hydrogen (secondary N) is 1. The van der Waals surface area contributed by atoms with Gasteiger partial charge in [0.1, 0.15) is 11.9 Å². The predicted molar refractivity (Wildman–Crippen MR) is 104 cm³/mol. The third kappa shape index (κ3) is 4.66. The maximum atomic E-state index is 12.5. The lowest BCUT2D eigenvalue weighted by atomic mass is 10.1. The largest absolute Gasteiger partial charge is 0.490 e. The van der Waals surface area contributed by atoms with E-state index in [1.165, 1.54) is 18.2 Å². The molecule has 8 heteroatoms. The Morgan fingerprint density at radius 3 is 2.27 bits per heavy atom. The molecule has 26 heavy (non-hydrogen) atoms. The molecule has 0 aliphatic carbocycles. The number of aromatic nitrogens is 1. The van der Waals surface area contributed by atoms with E-state index in [0.29, 0.717) is 11.4 Å². The fourth-order valence-corrected chi connectivity index (χ4v) is 3.65. The first-order valence-electron chi connectivity index (χ1n) is 8.26. The summed E-state index contributed by atoms with van der Waals surface area (Å²) in [7, 11) is -3.26. The maximum Gasteiger partial charge on any atom is 0.258 e. The number of hydrogen-bond acceptors (Lipinski definition) is 5. The van der Waals surface area contributed by atoms with E-state index < -0.39 is 9.84 Å². The number of sulfone groups is 1. The van der Waals surface area contributed by atoms with Crippen LogP contribution in [0.25, 0.3) is 5.69 Å². The second-order valence-corrected chi connectivity index (χ2v) is 8.36. The first kappa shape index (κ1) is 20.5. The van der Waals surface area contributed by atoms with Crippen LogP contribution in [0.2, 0.25) is 0 Å².